The first-order valence-corrected chi connectivity index (χ1v) is 7.36. The zero-order chi connectivity index (χ0) is 16.1. The number of amides is 2. The average molecular weight is 365 g/mol. The number of primary amides is 1. The van der Waals surface area contributed by atoms with Gasteiger partial charge in [-0.3, -0.25) is 9.59 Å². The third-order valence-corrected chi connectivity index (χ3v) is 3.59. The summed E-state index contributed by atoms with van der Waals surface area (Å²) in [6.07, 6.45) is 0.231. The highest BCUT2D eigenvalue weighted by molar-refractivity contribution is 9.10. The van der Waals surface area contributed by atoms with Crippen LogP contribution in [0.1, 0.15) is 15.9 Å². The minimum atomic E-state index is -0.915. The van der Waals surface area contributed by atoms with Crippen molar-refractivity contribution >= 4 is 27.7 Å². The first-order valence-electron chi connectivity index (χ1n) is 6.56. The van der Waals surface area contributed by atoms with Gasteiger partial charge in [0, 0.05) is 10.9 Å². The van der Waals surface area contributed by atoms with Gasteiger partial charge < -0.3 is 11.1 Å². The van der Waals surface area contributed by atoms with Gasteiger partial charge >= 0.3 is 0 Å². The Balaban J connectivity index is 2.14. The molecule has 0 bridgehead atoms. The van der Waals surface area contributed by atoms with Crippen LogP contribution in [0.25, 0.3) is 0 Å². The van der Waals surface area contributed by atoms with Crippen molar-refractivity contribution in [1.82, 2.24) is 5.32 Å². The number of nitrogens with one attached hydrogen (secondary N) is 1. The maximum Gasteiger partial charge on any atom is 0.254 e. The molecule has 0 aliphatic rings. The molecule has 0 aromatic heterocycles. The van der Waals surface area contributed by atoms with Crippen molar-refractivity contribution in [3.63, 3.8) is 0 Å². The Morgan fingerprint density at radius 2 is 1.91 bits per heavy atom. The van der Waals surface area contributed by atoms with Crippen LogP contribution in [0.3, 0.4) is 0 Å². The largest absolute Gasteiger partial charge is 0.368 e. The maximum atomic E-state index is 13.6. The van der Waals surface area contributed by atoms with E-state index in [0.717, 1.165) is 10.0 Å². The molecule has 3 N–H and O–H groups in total. The van der Waals surface area contributed by atoms with Gasteiger partial charge in [0.25, 0.3) is 5.91 Å². The number of carbonyl (C=O) groups excluding carboxylic acids is 2. The van der Waals surface area contributed by atoms with Crippen LogP contribution < -0.4 is 11.1 Å². The molecule has 2 amide bonds. The molecule has 0 unspecified atom stereocenters. The molecular weight excluding hydrogens is 351 g/mol. The van der Waals surface area contributed by atoms with E-state index in [1.807, 2.05) is 24.3 Å². The van der Waals surface area contributed by atoms with Crippen molar-refractivity contribution in [2.24, 2.45) is 5.73 Å². The zero-order valence-corrected chi connectivity index (χ0v) is 13.1. The molecular formula is C16H14BrFN2O2. The summed E-state index contributed by atoms with van der Waals surface area (Å²) in [5, 5.41) is 2.47. The molecule has 2 aromatic rings. The summed E-state index contributed by atoms with van der Waals surface area (Å²) in [7, 11) is 0. The van der Waals surface area contributed by atoms with E-state index in [4.69, 9.17) is 5.73 Å². The van der Waals surface area contributed by atoms with E-state index >= 15 is 0 Å². The van der Waals surface area contributed by atoms with Gasteiger partial charge in [-0.05, 0) is 29.8 Å². The number of hydrogen-bond acceptors (Lipinski definition) is 2. The van der Waals surface area contributed by atoms with Crippen molar-refractivity contribution in [1.29, 1.82) is 0 Å². The predicted octanol–water partition coefficient (Wildman–Crippen LogP) is 2.41. The SMILES string of the molecule is NC(=O)[C@@H](Cc1cccc(Br)c1)NC(=O)c1ccccc1F. The molecule has 0 aliphatic carbocycles. The lowest BCUT2D eigenvalue weighted by atomic mass is 10.0. The van der Waals surface area contributed by atoms with Crippen LogP contribution in [-0.4, -0.2) is 17.9 Å². The molecule has 0 saturated heterocycles. The predicted molar refractivity (Wildman–Crippen MR) is 84.7 cm³/mol. The number of carbonyl (C=O) groups is 2. The summed E-state index contributed by atoms with van der Waals surface area (Å²) in [4.78, 5) is 23.6. The van der Waals surface area contributed by atoms with E-state index in [9.17, 15) is 14.0 Å². The van der Waals surface area contributed by atoms with Gasteiger partial charge in [0.15, 0.2) is 0 Å². The highest BCUT2D eigenvalue weighted by Gasteiger charge is 2.21. The van der Waals surface area contributed by atoms with E-state index < -0.39 is 23.7 Å². The fourth-order valence-electron chi connectivity index (χ4n) is 2.00. The molecule has 0 fully saturated rings. The van der Waals surface area contributed by atoms with Crippen LogP contribution >= 0.6 is 15.9 Å². The first-order chi connectivity index (χ1) is 10.5. The van der Waals surface area contributed by atoms with Crippen molar-refractivity contribution in [2.45, 2.75) is 12.5 Å². The lowest BCUT2D eigenvalue weighted by Crippen LogP contribution is -2.46. The highest BCUT2D eigenvalue weighted by atomic mass is 79.9. The van der Waals surface area contributed by atoms with Crippen LogP contribution in [0.5, 0.6) is 0 Å². The second kappa shape index (κ2) is 7.17. The van der Waals surface area contributed by atoms with E-state index in [2.05, 4.69) is 21.2 Å². The number of benzene rings is 2. The topological polar surface area (TPSA) is 72.2 Å². The molecule has 2 rings (SSSR count). The maximum absolute atomic E-state index is 13.6. The minimum Gasteiger partial charge on any atom is -0.368 e. The third-order valence-electron chi connectivity index (χ3n) is 3.10. The Morgan fingerprint density at radius 1 is 1.18 bits per heavy atom. The molecule has 0 heterocycles. The highest BCUT2D eigenvalue weighted by Crippen LogP contribution is 2.14. The molecule has 2 aromatic carbocycles. The normalized spacial score (nSPS) is 11.7. The molecule has 1 atom stereocenters. The average Bonchev–Trinajstić information content (AvgIpc) is 2.46. The summed E-state index contributed by atoms with van der Waals surface area (Å²) in [5.74, 6) is -1.99. The second-order valence-corrected chi connectivity index (χ2v) is 5.66. The van der Waals surface area contributed by atoms with Crippen LogP contribution in [0.15, 0.2) is 53.0 Å². The smallest absolute Gasteiger partial charge is 0.254 e. The molecule has 0 aliphatic heterocycles. The molecule has 6 heteroatoms. The number of hydrogen-bond donors (Lipinski definition) is 2. The van der Waals surface area contributed by atoms with Crippen molar-refractivity contribution in [3.8, 4) is 0 Å². The molecule has 0 saturated carbocycles. The lowest BCUT2D eigenvalue weighted by Gasteiger charge is -2.16. The summed E-state index contributed by atoms with van der Waals surface area (Å²) in [5.41, 5.74) is 6.03. The fourth-order valence-corrected chi connectivity index (χ4v) is 2.45. The fraction of sp³-hybridized carbons (Fsp3) is 0.125. The second-order valence-electron chi connectivity index (χ2n) is 4.74. The number of rotatable bonds is 5. The van der Waals surface area contributed by atoms with E-state index in [0.29, 0.717) is 0 Å². The Morgan fingerprint density at radius 3 is 2.55 bits per heavy atom. The van der Waals surface area contributed by atoms with E-state index in [-0.39, 0.29) is 12.0 Å². The van der Waals surface area contributed by atoms with Gasteiger partial charge in [-0.2, -0.15) is 0 Å². The number of nitrogens with two attached hydrogens (primary N) is 1. The molecule has 22 heavy (non-hydrogen) atoms. The van der Waals surface area contributed by atoms with Crippen LogP contribution in [0, 0.1) is 5.82 Å². The quantitative estimate of drug-likeness (QED) is 0.854. The standard InChI is InChI=1S/C16H14BrFN2O2/c17-11-5-3-4-10(8-11)9-14(15(19)21)20-16(22)12-6-1-2-7-13(12)18/h1-8,14H,9H2,(H2,19,21)(H,20,22)/t14-/m1/s1. The van der Waals surface area contributed by atoms with Crippen molar-refractivity contribution in [2.75, 3.05) is 0 Å². The Hall–Kier alpha value is -2.21. The first kappa shape index (κ1) is 16.2. The summed E-state index contributed by atoms with van der Waals surface area (Å²) >= 11 is 3.33. The van der Waals surface area contributed by atoms with Gasteiger partial charge in [0.1, 0.15) is 11.9 Å². The van der Waals surface area contributed by atoms with E-state index in [1.165, 1.54) is 18.2 Å². The Kier molecular flexibility index (Phi) is 5.27. The van der Waals surface area contributed by atoms with E-state index in [1.54, 1.807) is 6.07 Å². The van der Waals surface area contributed by atoms with Gasteiger partial charge in [0.2, 0.25) is 5.91 Å². The van der Waals surface area contributed by atoms with Crippen LogP contribution in [0.2, 0.25) is 0 Å². The van der Waals surface area contributed by atoms with Gasteiger partial charge in [0.05, 0.1) is 5.56 Å². The monoisotopic (exact) mass is 364 g/mol. The number of halogens is 2. The van der Waals surface area contributed by atoms with Crippen molar-refractivity contribution < 1.29 is 14.0 Å². The zero-order valence-electron chi connectivity index (χ0n) is 11.6. The molecule has 4 nitrogen and oxygen atoms in total. The Labute approximate surface area is 135 Å². The van der Waals surface area contributed by atoms with Crippen molar-refractivity contribution in [3.05, 3.63) is 69.9 Å². The Bertz CT molecular complexity index is 706. The van der Waals surface area contributed by atoms with Crippen LogP contribution in [0.4, 0.5) is 4.39 Å². The molecule has 114 valence electrons. The molecule has 0 radical (unpaired) electrons. The minimum absolute atomic E-state index is 0.122. The van der Waals surface area contributed by atoms with Gasteiger partial charge in [-0.25, -0.2) is 4.39 Å². The molecule has 0 spiro atoms. The lowest BCUT2D eigenvalue weighted by molar-refractivity contribution is -0.119. The van der Waals surface area contributed by atoms with Crippen LogP contribution in [-0.2, 0) is 11.2 Å². The summed E-state index contributed by atoms with van der Waals surface area (Å²) in [6, 6.07) is 12.0. The summed E-state index contributed by atoms with van der Waals surface area (Å²) < 4.78 is 14.4. The summed E-state index contributed by atoms with van der Waals surface area (Å²) in [6.45, 7) is 0. The third kappa shape index (κ3) is 4.14. The van der Waals surface area contributed by atoms with Gasteiger partial charge in [-0.1, -0.05) is 40.2 Å². The van der Waals surface area contributed by atoms with Gasteiger partial charge in [-0.15, -0.1) is 0 Å².